The summed E-state index contributed by atoms with van der Waals surface area (Å²) >= 11 is 0. The number of pyridine rings is 1. The van der Waals surface area contributed by atoms with Crippen LogP contribution in [0.2, 0.25) is 0 Å². The molecule has 1 saturated carbocycles. The van der Waals surface area contributed by atoms with Crippen molar-refractivity contribution in [1.29, 1.82) is 0 Å². The Labute approximate surface area is 203 Å². The van der Waals surface area contributed by atoms with Crippen molar-refractivity contribution in [3.8, 4) is 0 Å². The molecule has 2 aliphatic heterocycles. The van der Waals surface area contributed by atoms with Gasteiger partial charge in [-0.1, -0.05) is 13.7 Å². The number of amides is 1. The Morgan fingerprint density at radius 3 is 3.00 bits per heavy atom. The Balaban J connectivity index is 1.71. The summed E-state index contributed by atoms with van der Waals surface area (Å²) in [7, 11) is 1.53. The molecule has 1 N–H and O–H groups in total. The van der Waals surface area contributed by atoms with Crippen LogP contribution in [0.5, 0.6) is 0 Å². The van der Waals surface area contributed by atoms with Gasteiger partial charge in [-0.15, -0.1) is 0 Å². The summed E-state index contributed by atoms with van der Waals surface area (Å²) in [6.07, 6.45) is -3.72. The maximum absolute atomic E-state index is 14.3. The van der Waals surface area contributed by atoms with Crippen molar-refractivity contribution in [3.05, 3.63) is 29.1 Å². The molecule has 2 unspecified atom stereocenters. The van der Waals surface area contributed by atoms with E-state index in [2.05, 4.69) is 10.3 Å². The molecule has 1 amide bonds. The molecular weight excluding hydrogens is 435 g/mol. The van der Waals surface area contributed by atoms with Crippen LogP contribution in [0.15, 0.2) is 12.3 Å². The van der Waals surface area contributed by atoms with E-state index in [1.165, 1.54) is 12.0 Å². The van der Waals surface area contributed by atoms with Gasteiger partial charge in [0.2, 0.25) is 5.91 Å². The van der Waals surface area contributed by atoms with Crippen molar-refractivity contribution in [3.63, 3.8) is 0 Å². The lowest BCUT2D eigenvalue weighted by Crippen LogP contribution is -2.52. The molecule has 184 valence electrons. The molecule has 3 aliphatic rings. The number of nitrogens with one attached hydrogen (secondary N) is 1. The normalized spacial score (nSPS) is 34.7. The van der Waals surface area contributed by atoms with Crippen molar-refractivity contribution < 1.29 is 37.0 Å². The van der Waals surface area contributed by atoms with Gasteiger partial charge in [0.15, 0.2) is 0 Å². The van der Waals surface area contributed by atoms with Crippen LogP contribution in [0, 0.1) is 11.3 Å². The summed E-state index contributed by atoms with van der Waals surface area (Å²) in [4.78, 5) is 19.4. The highest BCUT2D eigenvalue weighted by molar-refractivity contribution is 5.83. The standard InChI is InChI=1S/C24H34F3N3O3/c1-15(2)23(7-4-18(11-23)29-20-6-9-33-14-21(20)32-3)22(31)30-8-5-19-16(13-30)10-17(12-28-19)24(25,26)27/h10,12,15,18,20-21,29H,4-9,11,13-14H2,1-3H3/t18-,20?,21?,23+/m1/s1/i1D3,2D3,15D. The van der Waals surface area contributed by atoms with Crippen molar-refractivity contribution in [2.45, 2.75) is 76.7 Å². The molecule has 0 spiro atoms. The Morgan fingerprint density at radius 2 is 2.27 bits per heavy atom. The molecule has 9 heteroatoms. The second kappa shape index (κ2) is 9.50. The average Bonchev–Trinajstić information content (AvgIpc) is 3.30. The van der Waals surface area contributed by atoms with Crippen LogP contribution in [-0.2, 0) is 33.4 Å². The molecule has 1 saturated heterocycles. The van der Waals surface area contributed by atoms with Gasteiger partial charge in [0.05, 0.1) is 23.7 Å². The SMILES string of the molecule is [2H]C([2H])([2H])C([2H])(C([2H])([2H])[2H])[C@]1(C(=O)N2CCc3ncc(C(F)(F)F)cc3C2)CC[C@@H](NC2CCOCC2OC)C1. The van der Waals surface area contributed by atoms with Crippen molar-refractivity contribution in [2.24, 2.45) is 11.3 Å². The number of hydrogen-bond donors (Lipinski definition) is 1. The number of nitrogens with zero attached hydrogens (tertiary/aromatic N) is 2. The fourth-order valence-electron chi connectivity index (χ4n) is 5.21. The summed E-state index contributed by atoms with van der Waals surface area (Å²) < 4.78 is 109. The minimum absolute atomic E-state index is 0.00777. The quantitative estimate of drug-likeness (QED) is 0.704. The number of carbonyl (C=O) groups excluding carboxylic acids is 1. The van der Waals surface area contributed by atoms with Gasteiger partial charge < -0.3 is 19.7 Å². The van der Waals surface area contributed by atoms with Gasteiger partial charge in [0, 0.05) is 66.8 Å². The van der Waals surface area contributed by atoms with Gasteiger partial charge in [-0.05, 0) is 43.2 Å². The summed E-state index contributed by atoms with van der Waals surface area (Å²) in [5, 5.41) is 3.38. The number of carbonyl (C=O) groups is 1. The molecule has 0 aromatic carbocycles. The first-order chi connectivity index (χ1) is 18.4. The minimum Gasteiger partial charge on any atom is -0.379 e. The van der Waals surface area contributed by atoms with Crippen molar-refractivity contribution >= 4 is 5.91 Å². The average molecular weight is 477 g/mol. The maximum Gasteiger partial charge on any atom is 0.417 e. The molecule has 3 heterocycles. The van der Waals surface area contributed by atoms with E-state index in [1.807, 2.05) is 0 Å². The van der Waals surface area contributed by atoms with E-state index in [0.29, 0.717) is 25.3 Å². The lowest BCUT2D eigenvalue weighted by Gasteiger charge is -2.40. The van der Waals surface area contributed by atoms with E-state index in [0.717, 1.165) is 12.3 Å². The van der Waals surface area contributed by atoms with E-state index in [-0.39, 0.29) is 56.5 Å². The Morgan fingerprint density at radius 1 is 1.45 bits per heavy atom. The van der Waals surface area contributed by atoms with E-state index in [9.17, 15) is 18.0 Å². The molecule has 1 aromatic rings. The number of ether oxygens (including phenoxy) is 2. The number of halogens is 3. The summed E-state index contributed by atoms with van der Waals surface area (Å²) in [5.41, 5.74) is -2.60. The van der Waals surface area contributed by atoms with Gasteiger partial charge >= 0.3 is 6.18 Å². The van der Waals surface area contributed by atoms with Gasteiger partial charge in [-0.2, -0.15) is 13.2 Å². The van der Waals surface area contributed by atoms with Crippen LogP contribution in [-0.4, -0.2) is 60.8 Å². The first kappa shape index (κ1) is 16.8. The highest BCUT2D eigenvalue weighted by Crippen LogP contribution is 2.47. The van der Waals surface area contributed by atoms with Crippen LogP contribution in [0.25, 0.3) is 0 Å². The molecule has 6 nitrogen and oxygen atoms in total. The first-order valence-electron chi connectivity index (χ1n) is 14.7. The smallest absolute Gasteiger partial charge is 0.379 e. The van der Waals surface area contributed by atoms with E-state index < -0.39 is 48.7 Å². The van der Waals surface area contributed by atoms with Crippen molar-refractivity contribution in [1.82, 2.24) is 15.2 Å². The van der Waals surface area contributed by atoms with Crippen LogP contribution in [0.4, 0.5) is 13.2 Å². The second-order valence-electron chi connectivity index (χ2n) is 9.11. The molecule has 4 atom stereocenters. The van der Waals surface area contributed by atoms with Crippen LogP contribution < -0.4 is 5.32 Å². The second-order valence-corrected chi connectivity index (χ2v) is 9.11. The number of hydrogen-bond acceptors (Lipinski definition) is 5. The third-order valence-corrected chi connectivity index (χ3v) is 7.11. The van der Waals surface area contributed by atoms with E-state index in [1.54, 1.807) is 0 Å². The van der Waals surface area contributed by atoms with Crippen molar-refractivity contribution in [2.75, 3.05) is 26.9 Å². The fourth-order valence-corrected chi connectivity index (χ4v) is 5.21. The number of alkyl halides is 3. The molecule has 0 bridgehead atoms. The number of methoxy groups -OCH3 is 1. The number of fused-ring (bicyclic) bond motifs is 1. The van der Waals surface area contributed by atoms with Gasteiger partial charge in [-0.3, -0.25) is 9.78 Å². The molecule has 4 rings (SSSR count). The van der Waals surface area contributed by atoms with Gasteiger partial charge in [0.1, 0.15) is 0 Å². The third kappa shape index (κ3) is 4.91. The van der Waals surface area contributed by atoms with Crippen LogP contribution in [0.3, 0.4) is 0 Å². The maximum atomic E-state index is 14.3. The lowest BCUT2D eigenvalue weighted by molar-refractivity contribution is -0.146. The molecular formula is C24H34F3N3O3. The van der Waals surface area contributed by atoms with Gasteiger partial charge in [-0.25, -0.2) is 0 Å². The third-order valence-electron chi connectivity index (χ3n) is 7.11. The Bertz CT molecular complexity index is 1090. The summed E-state index contributed by atoms with van der Waals surface area (Å²) in [6.45, 7) is -6.23. The van der Waals surface area contributed by atoms with E-state index in [4.69, 9.17) is 19.1 Å². The zero-order valence-corrected chi connectivity index (χ0v) is 18.5. The first-order valence-corrected chi connectivity index (χ1v) is 11.2. The molecule has 2 fully saturated rings. The molecule has 1 aromatic heterocycles. The highest BCUT2D eigenvalue weighted by atomic mass is 19.4. The van der Waals surface area contributed by atoms with Gasteiger partial charge in [0.25, 0.3) is 0 Å². The van der Waals surface area contributed by atoms with Crippen LogP contribution >= 0.6 is 0 Å². The zero-order chi connectivity index (χ0) is 29.7. The van der Waals surface area contributed by atoms with E-state index >= 15 is 0 Å². The predicted octanol–water partition coefficient (Wildman–Crippen LogP) is 3.57. The topological polar surface area (TPSA) is 63.7 Å². The zero-order valence-electron chi connectivity index (χ0n) is 25.5. The molecule has 33 heavy (non-hydrogen) atoms. The van der Waals surface area contributed by atoms with Crippen LogP contribution in [0.1, 0.15) is 65.8 Å². The Kier molecular flexibility index (Phi) is 4.85. The number of aromatic nitrogens is 1. The Hall–Kier alpha value is -1.71. The fraction of sp³-hybridized carbons (Fsp3) is 0.750. The summed E-state index contributed by atoms with van der Waals surface area (Å²) in [6, 6.07) is 0.226. The largest absolute Gasteiger partial charge is 0.417 e. The minimum atomic E-state index is -4.65. The summed E-state index contributed by atoms with van der Waals surface area (Å²) in [5.74, 6) is -4.01. The lowest BCUT2D eigenvalue weighted by atomic mass is 9.74. The molecule has 0 radical (unpaired) electrons. The highest BCUT2D eigenvalue weighted by Gasteiger charge is 2.50. The monoisotopic (exact) mass is 476 g/mol. The molecule has 1 aliphatic carbocycles. The number of rotatable bonds is 5. The predicted molar refractivity (Wildman–Crippen MR) is 116 cm³/mol.